The van der Waals surface area contributed by atoms with Gasteiger partial charge >= 0.3 is 12.1 Å². The molecule has 0 aliphatic rings. The standard InChI is InChI=1S/C18H21N3O4/c1-18(2,3)25-17(23)21-14(16(22)24-4)8-12-10-20-13-7-5-6-11(9-19)15(12)13/h5-7,10,14,20H,8H2,1-4H3,(H,21,23)/t14-/m0/s1. The monoisotopic (exact) mass is 343 g/mol. The molecule has 0 unspecified atom stereocenters. The second-order valence-electron chi connectivity index (χ2n) is 6.58. The number of hydrogen-bond acceptors (Lipinski definition) is 5. The van der Waals surface area contributed by atoms with Crippen molar-refractivity contribution in [3.8, 4) is 6.07 Å². The van der Waals surface area contributed by atoms with Gasteiger partial charge in [-0.05, 0) is 38.5 Å². The Morgan fingerprint density at radius 1 is 1.36 bits per heavy atom. The number of amides is 1. The number of alkyl carbamates (subject to hydrolysis) is 1. The number of methoxy groups -OCH3 is 1. The van der Waals surface area contributed by atoms with E-state index < -0.39 is 23.7 Å². The van der Waals surface area contributed by atoms with Crippen molar-refractivity contribution in [2.45, 2.75) is 38.8 Å². The van der Waals surface area contributed by atoms with Crippen LogP contribution in [0.2, 0.25) is 0 Å². The highest BCUT2D eigenvalue weighted by Gasteiger charge is 2.26. The maximum Gasteiger partial charge on any atom is 0.408 e. The van der Waals surface area contributed by atoms with Crippen molar-refractivity contribution in [2.75, 3.05) is 7.11 Å². The normalized spacial score (nSPS) is 12.3. The van der Waals surface area contributed by atoms with Crippen molar-refractivity contribution in [1.29, 1.82) is 5.26 Å². The van der Waals surface area contributed by atoms with Crippen molar-refractivity contribution in [3.05, 3.63) is 35.5 Å². The van der Waals surface area contributed by atoms with E-state index in [2.05, 4.69) is 16.4 Å². The molecule has 2 rings (SSSR count). The average Bonchev–Trinajstić information content (AvgIpc) is 2.94. The van der Waals surface area contributed by atoms with Gasteiger partial charge in [0.1, 0.15) is 11.6 Å². The number of carbonyl (C=O) groups is 2. The maximum absolute atomic E-state index is 12.1. The van der Waals surface area contributed by atoms with Gasteiger partial charge in [0, 0.05) is 23.5 Å². The summed E-state index contributed by atoms with van der Waals surface area (Å²) in [5.74, 6) is -0.588. The molecule has 0 fully saturated rings. The minimum Gasteiger partial charge on any atom is -0.467 e. The molecule has 1 amide bonds. The Kier molecular flexibility index (Phi) is 5.32. The van der Waals surface area contributed by atoms with Crippen molar-refractivity contribution in [1.82, 2.24) is 10.3 Å². The van der Waals surface area contributed by atoms with Gasteiger partial charge in [0.2, 0.25) is 0 Å². The first-order chi connectivity index (χ1) is 11.7. The summed E-state index contributed by atoms with van der Waals surface area (Å²) in [6.45, 7) is 5.20. The predicted molar refractivity (Wildman–Crippen MR) is 91.9 cm³/mol. The molecule has 0 radical (unpaired) electrons. The van der Waals surface area contributed by atoms with E-state index in [0.717, 1.165) is 16.5 Å². The minimum atomic E-state index is -0.925. The van der Waals surface area contributed by atoms with Gasteiger partial charge in [0.05, 0.1) is 18.7 Å². The number of ether oxygens (including phenoxy) is 2. The van der Waals surface area contributed by atoms with Gasteiger partial charge in [-0.3, -0.25) is 0 Å². The van der Waals surface area contributed by atoms with Crippen LogP contribution in [0.4, 0.5) is 4.79 Å². The molecule has 0 aliphatic carbocycles. The summed E-state index contributed by atoms with van der Waals surface area (Å²) in [7, 11) is 1.25. The fourth-order valence-electron chi connectivity index (χ4n) is 2.52. The Labute approximate surface area is 145 Å². The van der Waals surface area contributed by atoms with Crippen LogP contribution in [0.15, 0.2) is 24.4 Å². The molecule has 1 heterocycles. The van der Waals surface area contributed by atoms with E-state index >= 15 is 0 Å². The van der Waals surface area contributed by atoms with Crippen LogP contribution >= 0.6 is 0 Å². The summed E-state index contributed by atoms with van der Waals surface area (Å²) in [6.07, 6.45) is 1.19. The summed E-state index contributed by atoms with van der Waals surface area (Å²) in [6, 6.07) is 6.53. The van der Waals surface area contributed by atoms with Gasteiger partial charge in [-0.15, -0.1) is 0 Å². The molecule has 0 bridgehead atoms. The molecule has 0 aliphatic heterocycles. The van der Waals surface area contributed by atoms with Crippen molar-refractivity contribution in [2.24, 2.45) is 0 Å². The molecule has 132 valence electrons. The van der Waals surface area contributed by atoms with Crippen LogP contribution in [0.5, 0.6) is 0 Å². The van der Waals surface area contributed by atoms with E-state index in [1.165, 1.54) is 7.11 Å². The molecular weight excluding hydrogens is 322 g/mol. The highest BCUT2D eigenvalue weighted by atomic mass is 16.6. The molecule has 0 saturated carbocycles. The summed E-state index contributed by atoms with van der Waals surface area (Å²) in [5.41, 5.74) is 1.34. The number of aromatic amines is 1. The zero-order valence-electron chi connectivity index (χ0n) is 14.7. The number of rotatable bonds is 4. The second-order valence-corrected chi connectivity index (χ2v) is 6.58. The third kappa shape index (κ3) is 4.51. The van der Waals surface area contributed by atoms with Crippen molar-refractivity contribution >= 4 is 23.0 Å². The first kappa shape index (κ1) is 18.3. The number of H-pyrrole nitrogens is 1. The number of carbonyl (C=O) groups excluding carboxylic acids is 2. The molecular formula is C18H21N3O4. The molecule has 7 heteroatoms. The van der Waals surface area contributed by atoms with E-state index in [0.29, 0.717) is 5.56 Å². The Morgan fingerprint density at radius 3 is 2.68 bits per heavy atom. The number of nitriles is 1. The Hall–Kier alpha value is -3.01. The largest absolute Gasteiger partial charge is 0.467 e. The third-order valence-corrected chi connectivity index (χ3v) is 3.51. The SMILES string of the molecule is COC(=O)[C@H](Cc1c[nH]c2cccc(C#N)c12)NC(=O)OC(C)(C)C. The fraction of sp³-hybridized carbons (Fsp3) is 0.389. The van der Waals surface area contributed by atoms with E-state index in [1.54, 1.807) is 39.1 Å². The Morgan fingerprint density at radius 2 is 2.08 bits per heavy atom. The molecule has 7 nitrogen and oxygen atoms in total. The van der Waals surface area contributed by atoms with E-state index in [9.17, 15) is 14.9 Å². The number of nitrogens with one attached hydrogen (secondary N) is 2. The quantitative estimate of drug-likeness (QED) is 0.831. The van der Waals surface area contributed by atoms with Gasteiger partial charge < -0.3 is 19.8 Å². The topological polar surface area (TPSA) is 104 Å². The lowest BCUT2D eigenvalue weighted by Crippen LogP contribution is -2.45. The van der Waals surface area contributed by atoms with Gasteiger partial charge in [-0.1, -0.05) is 6.07 Å². The Balaban J connectivity index is 2.28. The van der Waals surface area contributed by atoms with E-state index in [4.69, 9.17) is 9.47 Å². The smallest absolute Gasteiger partial charge is 0.408 e. The van der Waals surface area contributed by atoms with Gasteiger partial charge in [0.25, 0.3) is 0 Å². The molecule has 2 N–H and O–H groups in total. The molecule has 1 aromatic carbocycles. The van der Waals surface area contributed by atoms with Crippen LogP contribution in [-0.4, -0.2) is 35.8 Å². The second kappa shape index (κ2) is 7.26. The summed E-state index contributed by atoms with van der Waals surface area (Å²) in [5, 5.41) is 12.6. The zero-order valence-corrected chi connectivity index (χ0v) is 14.7. The van der Waals surface area contributed by atoms with Crippen molar-refractivity contribution < 1.29 is 19.1 Å². The lowest BCUT2D eigenvalue weighted by Gasteiger charge is -2.22. The number of esters is 1. The van der Waals surface area contributed by atoms with Crippen LogP contribution in [0.1, 0.15) is 31.9 Å². The van der Waals surface area contributed by atoms with Gasteiger partial charge in [-0.25, -0.2) is 9.59 Å². The van der Waals surface area contributed by atoms with Crippen LogP contribution < -0.4 is 5.32 Å². The van der Waals surface area contributed by atoms with Crippen LogP contribution in [0.25, 0.3) is 10.9 Å². The lowest BCUT2D eigenvalue weighted by atomic mass is 10.0. The zero-order chi connectivity index (χ0) is 18.6. The molecule has 25 heavy (non-hydrogen) atoms. The first-order valence-corrected chi connectivity index (χ1v) is 7.81. The van der Waals surface area contributed by atoms with Crippen molar-refractivity contribution in [3.63, 3.8) is 0 Å². The van der Waals surface area contributed by atoms with Gasteiger partial charge in [0.15, 0.2) is 0 Å². The summed E-state index contributed by atoms with van der Waals surface area (Å²) in [4.78, 5) is 27.1. The minimum absolute atomic E-state index is 0.171. The summed E-state index contributed by atoms with van der Waals surface area (Å²) >= 11 is 0. The predicted octanol–water partition coefficient (Wildman–Crippen LogP) is 2.65. The third-order valence-electron chi connectivity index (χ3n) is 3.51. The number of nitrogens with zero attached hydrogens (tertiary/aromatic N) is 1. The molecule has 2 aromatic rings. The number of aromatic nitrogens is 1. The molecule has 0 saturated heterocycles. The first-order valence-electron chi connectivity index (χ1n) is 7.81. The fourth-order valence-corrected chi connectivity index (χ4v) is 2.52. The van der Waals surface area contributed by atoms with Crippen LogP contribution in [-0.2, 0) is 20.7 Å². The van der Waals surface area contributed by atoms with E-state index in [-0.39, 0.29) is 6.42 Å². The average molecular weight is 343 g/mol. The van der Waals surface area contributed by atoms with E-state index in [1.807, 2.05) is 6.07 Å². The molecule has 1 aromatic heterocycles. The number of hydrogen-bond donors (Lipinski definition) is 2. The lowest BCUT2D eigenvalue weighted by molar-refractivity contribution is -0.143. The van der Waals surface area contributed by atoms with Gasteiger partial charge in [-0.2, -0.15) is 5.26 Å². The van der Waals surface area contributed by atoms with Crippen LogP contribution in [0, 0.1) is 11.3 Å². The maximum atomic E-state index is 12.1. The number of benzene rings is 1. The summed E-state index contributed by atoms with van der Waals surface area (Å²) < 4.78 is 9.97. The molecule has 1 atom stereocenters. The number of fused-ring (bicyclic) bond motifs is 1. The highest BCUT2D eigenvalue weighted by molar-refractivity contribution is 5.90. The van der Waals surface area contributed by atoms with Crippen LogP contribution in [0.3, 0.4) is 0 Å². The molecule has 0 spiro atoms. The Bertz CT molecular complexity index is 827. The highest BCUT2D eigenvalue weighted by Crippen LogP contribution is 2.23.